The van der Waals surface area contributed by atoms with Gasteiger partial charge in [0.05, 0.1) is 5.69 Å². The first-order valence-corrected chi connectivity index (χ1v) is 9.52. The third-order valence-corrected chi connectivity index (χ3v) is 5.00. The minimum atomic E-state index is -0.166. The molecule has 1 aliphatic rings. The van der Waals surface area contributed by atoms with Crippen molar-refractivity contribution in [1.29, 1.82) is 0 Å². The number of benzene rings is 1. The monoisotopic (exact) mass is 376 g/mol. The van der Waals surface area contributed by atoms with Gasteiger partial charge in [-0.25, -0.2) is 9.78 Å². The lowest BCUT2D eigenvalue weighted by Crippen LogP contribution is -2.46. The molecule has 3 heterocycles. The lowest BCUT2D eigenvalue weighted by Gasteiger charge is -2.33. The van der Waals surface area contributed by atoms with Gasteiger partial charge >= 0.3 is 6.03 Å². The standard InChI is InChI=1S/C21H24N6O/c1-15-2-7-20(22-14-15)27-12-9-18(10-13-27)25-21(28)24-17-5-3-16(4-6-17)19-8-11-23-26-19/h2-8,11,14,18H,9-10,12-13H2,1H3,(H,23,26)(H2,24,25,28). The second-order valence-corrected chi connectivity index (χ2v) is 7.10. The Morgan fingerprint density at radius 3 is 2.54 bits per heavy atom. The Hall–Kier alpha value is -3.35. The van der Waals surface area contributed by atoms with E-state index in [0.29, 0.717) is 0 Å². The predicted molar refractivity (Wildman–Crippen MR) is 110 cm³/mol. The maximum Gasteiger partial charge on any atom is 0.319 e. The van der Waals surface area contributed by atoms with Gasteiger partial charge in [-0.3, -0.25) is 5.10 Å². The summed E-state index contributed by atoms with van der Waals surface area (Å²) in [6.45, 7) is 3.82. The van der Waals surface area contributed by atoms with Crippen LogP contribution in [0.4, 0.5) is 16.3 Å². The minimum Gasteiger partial charge on any atom is -0.356 e. The molecule has 0 unspecified atom stereocenters. The van der Waals surface area contributed by atoms with Crippen molar-refractivity contribution in [3.8, 4) is 11.3 Å². The number of aromatic amines is 1. The molecule has 3 aromatic rings. The van der Waals surface area contributed by atoms with E-state index in [1.807, 2.05) is 43.5 Å². The number of nitrogens with one attached hydrogen (secondary N) is 3. The third kappa shape index (κ3) is 4.31. The molecule has 0 aliphatic carbocycles. The Morgan fingerprint density at radius 2 is 1.89 bits per heavy atom. The first-order chi connectivity index (χ1) is 13.7. The van der Waals surface area contributed by atoms with Crippen LogP contribution in [0.5, 0.6) is 0 Å². The molecule has 0 saturated carbocycles. The van der Waals surface area contributed by atoms with E-state index >= 15 is 0 Å². The largest absolute Gasteiger partial charge is 0.356 e. The number of carbonyl (C=O) groups is 1. The van der Waals surface area contributed by atoms with Gasteiger partial charge in [0, 0.05) is 37.2 Å². The van der Waals surface area contributed by atoms with Crippen LogP contribution in [0.25, 0.3) is 11.3 Å². The topological polar surface area (TPSA) is 85.9 Å². The Bertz CT molecular complexity index is 897. The fourth-order valence-corrected chi connectivity index (χ4v) is 3.40. The van der Waals surface area contributed by atoms with Crippen molar-refractivity contribution in [3.05, 3.63) is 60.4 Å². The normalized spacial score (nSPS) is 14.7. The first-order valence-electron chi connectivity index (χ1n) is 9.52. The summed E-state index contributed by atoms with van der Waals surface area (Å²) in [5.41, 5.74) is 3.91. The second-order valence-electron chi connectivity index (χ2n) is 7.10. The quantitative estimate of drug-likeness (QED) is 0.650. The number of aromatic nitrogens is 3. The van der Waals surface area contributed by atoms with Crippen LogP contribution in [0, 0.1) is 6.92 Å². The maximum atomic E-state index is 12.3. The van der Waals surface area contributed by atoms with Crippen LogP contribution < -0.4 is 15.5 Å². The predicted octanol–water partition coefficient (Wildman–Crippen LogP) is 3.57. The SMILES string of the molecule is Cc1ccc(N2CCC(NC(=O)Nc3ccc(-c4ccn[nH]4)cc3)CC2)nc1. The molecule has 0 radical (unpaired) electrons. The van der Waals surface area contributed by atoms with Gasteiger partial charge in [0.1, 0.15) is 5.82 Å². The van der Waals surface area contributed by atoms with E-state index in [9.17, 15) is 4.79 Å². The summed E-state index contributed by atoms with van der Waals surface area (Å²) in [6.07, 6.45) is 5.42. The van der Waals surface area contributed by atoms with Crippen molar-refractivity contribution in [2.24, 2.45) is 0 Å². The van der Waals surface area contributed by atoms with Crippen LogP contribution in [0.15, 0.2) is 54.9 Å². The fourth-order valence-electron chi connectivity index (χ4n) is 3.40. The van der Waals surface area contributed by atoms with Crippen molar-refractivity contribution in [3.63, 3.8) is 0 Å². The van der Waals surface area contributed by atoms with Gasteiger partial charge in [-0.15, -0.1) is 0 Å². The number of carbonyl (C=O) groups excluding carboxylic acids is 1. The zero-order valence-electron chi connectivity index (χ0n) is 15.9. The number of pyridine rings is 1. The Balaban J connectivity index is 1.26. The molecule has 144 valence electrons. The molecule has 28 heavy (non-hydrogen) atoms. The van der Waals surface area contributed by atoms with Crippen LogP contribution >= 0.6 is 0 Å². The highest BCUT2D eigenvalue weighted by atomic mass is 16.2. The van der Waals surface area contributed by atoms with Crippen LogP contribution in [-0.4, -0.2) is 40.3 Å². The Labute approximate surface area is 164 Å². The van der Waals surface area contributed by atoms with Gasteiger partial charge in [-0.05, 0) is 55.2 Å². The Kier molecular flexibility index (Phi) is 5.23. The van der Waals surface area contributed by atoms with Crippen molar-refractivity contribution >= 4 is 17.5 Å². The van der Waals surface area contributed by atoms with E-state index in [4.69, 9.17) is 0 Å². The van der Waals surface area contributed by atoms with Crippen LogP contribution in [-0.2, 0) is 0 Å². The number of anilines is 2. The van der Waals surface area contributed by atoms with E-state index in [2.05, 4.69) is 42.8 Å². The molecule has 7 heteroatoms. The number of hydrogen-bond donors (Lipinski definition) is 3. The number of H-pyrrole nitrogens is 1. The molecule has 0 atom stereocenters. The number of hydrogen-bond acceptors (Lipinski definition) is 4. The molecule has 1 aromatic carbocycles. The van der Waals surface area contributed by atoms with Gasteiger partial charge in [0.15, 0.2) is 0 Å². The third-order valence-electron chi connectivity index (χ3n) is 5.00. The second kappa shape index (κ2) is 8.12. The smallest absolute Gasteiger partial charge is 0.319 e. The molecule has 1 fully saturated rings. The molecule has 2 aromatic heterocycles. The lowest BCUT2D eigenvalue weighted by molar-refractivity contribution is 0.246. The summed E-state index contributed by atoms with van der Waals surface area (Å²) in [6, 6.07) is 13.7. The molecular formula is C21H24N6O. The number of nitrogens with zero attached hydrogens (tertiary/aromatic N) is 3. The summed E-state index contributed by atoms with van der Waals surface area (Å²) in [4.78, 5) is 19.1. The average molecular weight is 376 g/mol. The van der Waals surface area contributed by atoms with Crippen molar-refractivity contribution in [2.75, 3.05) is 23.3 Å². The Morgan fingerprint density at radius 1 is 1.11 bits per heavy atom. The van der Waals surface area contributed by atoms with Crippen LogP contribution in [0.3, 0.4) is 0 Å². The van der Waals surface area contributed by atoms with Gasteiger partial charge in [0.2, 0.25) is 0 Å². The zero-order valence-corrected chi connectivity index (χ0v) is 15.9. The summed E-state index contributed by atoms with van der Waals surface area (Å²) >= 11 is 0. The summed E-state index contributed by atoms with van der Waals surface area (Å²) in [5.74, 6) is 1.01. The summed E-state index contributed by atoms with van der Waals surface area (Å²) in [7, 11) is 0. The van der Waals surface area contributed by atoms with Gasteiger partial charge in [0.25, 0.3) is 0 Å². The molecule has 1 aliphatic heterocycles. The molecule has 1 saturated heterocycles. The number of amides is 2. The van der Waals surface area contributed by atoms with E-state index < -0.39 is 0 Å². The molecule has 2 amide bonds. The van der Waals surface area contributed by atoms with Crippen LogP contribution in [0.2, 0.25) is 0 Å². The molecule has 4 rings (SSSR count). The van der Waals surface area contributed by atoms with Gasteiger partial charge in [-0.1, -0.05) is 18.2 Å². The van der Waals surface area contributed by atoms with Crippen molar-refractivity contribution in [1.82, 2.24) is 20.5 Å². The maximum absolute atomic E-state index is 12.3. The van der Waals surface area contributed by atoms with Gasteiger partial charge < -0.3 is 15.5 Å². The summed E-state index contributed by atoms with van der Waals surface area (Å²) in [5, 5.41) is 12.9. The highest BCUT2D eigenvalue weighted by molar-refractivity contribution is 5.89. The van der Waals surface area contributed by atoms with E-state index in [0.717, 1.165) is 54.3 Å². The fraction of sp³-hybridized carbons (Fsp3) is 0.286. The van der Waals surface area contributed by atoms with E-state index in [-0.39, 0.29) is 12.1 Å². The minimum absolute atomic E-state index is 0.166. The lowest BCUT2D eigenvalue weighted by atomic mass is 10.1. The van der Waals surface area contributed by atoms with Crippen molar-refractivity contribution in [2.45, 2.75) is 25.8 Å². The molecule has 0 spiro atoms. The highest BCUT2D eigenvalue weighted by Crippen LogP contribution is 2.20. The van der Waals surface area contributed by atoms with E-state index in [1.165, 1.54) is 0 Å². The molecular weight excluding hydrogens is 352 g/mol. The number of rotatable bonds is 4. The highest BCUT2D eigenvalue weighted by Gasteiger charge is 2.21. The van der Waals surface area contributed by atoms with Crippen molar-refractivity contribution < 1.29 is 4.79 Å². The number of piperidine rings is 1. The average Bonchev–Trinajstić information content (AvgIpc) is 3.25. The summed E-state index contributed by atoms with van der Waals surface area (Å²) < 4.78 is 0. The first kappa shape index (κ1) is 18.0. The number of aryl methyl sites for hydroxylation is 1. The zero-order chi connectivity index (χ0) is 19.3. The van der Waals surface area contributed by atoms with Gasteiger partial charge in [-0.2, -0.15) is 5.10 Å². The van der Waals surface area contributed by atoms with Crippen LogP contribution in [0.1, 0.15) is 18.4 Å². The number of urea groups is 1. The molecule has 0 bridgehead atoms. The van der Waals surface area contributed by atoms with E-state index in [1.54, 1.807) is 6.20 Å². The molecule has 7 nitrogen and oxygen atoms in total. The molecule has 3 N–H and O–H groups in total.